The summed E-state index contributed by atoms with van der Waals surface area (Å²) in [5.41, 5.74) is 7.19. The number of fused-ring (bicyclic) bond motifs is 1. The molecule has 1 amide bonds. The predicted molar refractivity (Wildman–Crippen MR) is 74.0 cm³/mol. The lowest BCUT2D eigenvalue weighted by Gasteiger charge is -2.24. The van der Waals surface area contributed by atoms with Crippen molar-refractivity contribution in [3.63, 3.8) is 0 Å². The molecule has 3 rings (SSSR count). The molecule has 110 valence electrons. The third-order valence-corrected chi connectivity index (χ3v) is 3.58. The van der Waals surface area contributed by atoms with Crippen molar-refractivity contribution in [1.82, 2.24) is 15.1 Å². The Kier molecular flexibility index (Phi) is 3.44. The molecule has 0 aliphatic carbocycles. The third-order valence-electron chi connectivity index (χ3n) is 3.58. The van der Waals surface area contributed by atoms with E-state index in [4.69, 9.17) is 5.73 Å². The van der Waals surface area contributed by atoms with Crippen LogP contribution in [0.25, 0.3) is 11.3 Å². The van der Waals surface area contributed by atoms with Gasteiger partial charge in [0.05, 0.1) is 23.9 Å². The lowest BCUT2D eigenvalue weighted by Crippen LogP contribution is -2.36. The summed E-state index contributed by atoms with van der Waals surface area (Å²) in [6, 6.07) is 5.58. The summed E-state index contributed by atoms with van der Waals surface area (Å²) in [6.45, 7) is 0.867. The normalized spacial score (nSPS) is 17.5. The highest BCUT2D eigenvalue weighted by Gasteiger charge is 2.29. The van der Waals surface area contributed by atoms with Crippen LogP contribution < -0.4 is 11.1 Å². The van der Waals surface area contributed by atoms with E-state index in [1.807, 2.05) is 0 Å². The van der Waals surface area contributed by atoms with Gasteiger partial charge in [0.2, 0.25) is 0 Å². The number of benzene rings is 1. The molecule has 1 unspecified atom stereocenters. The minimum Gasteiger partial charge on any atom is -0.394 e. The Bertz CT molecular complexity index is 698. The number of halogens is 1. The van der Waals surface area contributed by atoms with Crippen molar-refractivity contribution < 1.29 is 14.3 Å². The Balaban J connectivity index is 2.21. The lowest BCUT2D eigenvalue weighted by atomic mass is 10.0. The molecular weight excluding hydrogens is 275 g/mol. The van der Waals surface area contributed by atoms with Crippen LogP contribution in [0.5, 0.6) is 0 Å². The van der Waals surface area contributed by atoms with E-state index in [0.717, 1.165) is 0 Å². The maximum atomic E-state index is 13.4. The molecule has 1 aromatic carbocycles. The van der Waals surface area contributed by atoms with E-state index in [-0.39, 0.29) is 18.2 Å². The largest absolute Gasteiger partial charge is 0.394 e. The van der Waals surface area contributed by atoms with Crippen LogP contribution in [0.15, 0.2) is 24.3 Å². The minimum atomic E-state index is -0.615. The first-order valence-corrected chi connectivity index (χ1v) is 6.60. The second kappa shape index (κ2) is 5.27. The minimum absolute atomic E-state index is 0.109. The zero-order valence-corrected chi connectivity index (χ0v) is 11.2. The van der Waals surface area contributed by atoms with Crippen LogP contribution in [0.2, 0.25) is 0 Å². The number of rotatable bonds is 3. The van der Waals surface area contributed by atoms with Crippen molar-refractivity contribution in [2.24, 2.45) is 5.73 Å². The molecule has 1 aliphatic heterocycles. The van der Waals surface area contributed by atoms with Gasteiger partial charge in [-0.05, 0) is 12.1 Å². The number of primary amides is 1. The molecule has 4 N–H and O–H groups in total. The molecule has 7 heteroatoms. The van der Waals surface area contributed by atoms with Crippen molar-refractivity contribution >= 4 is 5.91 Å². The monoisotopic (exact) mass is 290 g/mol. The molecular formula is C14H15FN4O2. The first kappa shape index (κ1) is 13.7. The van der Waals surface area contributed by atoms with Crippen molar-refractivity contribution in [2.45, 2.75) is 12.6 Å². The van der Waals surface area contributed by atoms with E-state index >= 15 is 0 Å². The van der Waals surface area contributed by atoms with Gasteiger partial charge < -0.3 is 16.2 Å². The zero-order chi connectivity index (χ0) is 15.0. The van der Waals surface area contributed by atoms with E-state index in [2.05, 4.69) is 10.4 Å². The number of carbonyl (C=O) groups excluding carboxylic acids is 1. The fraction of sp³-hybridized carbons (Fsp3) is 0.286. The molecule has 1 aromatic heterocycles. The highest BCUT2D eigenvalue weighted by atomic mass is 19.1. The molecule has 2 aromatic rings. The van der Waals surface area contributed by atoms with Crippen LogP contribution in [0.1, 0.15) is 22.1 Å². The summed E-state index contributed by atoms with van der Waals surface area (Å²) in [7, 11) is 0. The van der Waals surface area contributed by atoms with Gasteiger partial charge >= 0.3 is 0 Å². The average Bonchev–Trinajstić information content (AvgIpc) is 2.86. The van der Waals surface area contributed by atoms with Gasteiger partial charge in [-0.3, -0.25) is 9.48 Å². The summed E-state index contributed by atoms with van der Waals surface area (Å²) < 4.78 is 15.0. The molecule has 2 heterocycles. The average molecular weight is 290 g/mol. The number of amides is 1. The molecule has 0 radical (unpaired) electrons. The number of hydrogen-bond acceptors (Lipinski definition) is 4. The van der Waals surface area contributed by atoms with E-state index in [9.17, 15) is 14.3 Å². The second-order valence-corrected chi connectivity index (χ2v) is 4.96. The third kappa shape index (κ3) is 2.30. The molecule has 21 heavy (non-hydrogen) atoms. The van der Waals surface area contributed by atoms with Crippen LogP contribution >= 0.6 is 0 Å². The number of nitrogens with two attached hydrogens (primary N) is 1. The maximum Gasteiger partial charge on any atom is 0.252 e. The number of hydrogen-bond donors (Lipinski definition) is 3. The summed E-state index contributed by atoms with van der Waals surface area (Å²) in [5.74, 6) is -1.03. The molecule has 0 fully saturated rings. The Morgan fingerprint density at radius 1 is 1.57 bits per heavy atom. The number of aliphatic hydroxyl groups excluding tert-OH is 1. The fourth-order valence-electron chi connectivity index (χ4n) is 2.62. The number of nitrogens with one attached hydrogen (secondary N) is 1. The fourth-order valence-corrected chi connectivity index (χ4v) is 2.62. The number of aliphatic hydroxyl groups is 1. The van der Waals surface area contributed by atoms with Crippen LogP contribution in [0.3, 0.4) is 0 Å². The second-order valence-electron chi connectivity index (χ2n) is 4.96. The standard InChI is InChI=1S/C14H15FN4O2/c15-9-3-1-2-8(4-9)13-12(14(16)21)11-6-17-5-10(7-20)19(11)18-13/h1-4,10,17,20H,5-7H2,(H2,16,21). The highest BCUT2D eigenvalue weighted by molar-refractivity contribution is 6.00. The Hall–Kier alpha value is -2.25. The smallest absolute Gasteiger partial charge is 0.252 e. The van der Waals surface area contributed by atoms with E-state index in [1.54, 1.807) is 16.8 Å². The van der Waals surface area contributed by atoms with Gasteiger partial charge in [0.15, 0.2) is 0 Å². The van der Waals surface area contributed by atoms with Gasteiger partial charge in [0, 0.05) is 18.7 Å². The Morgan fingerprint density at radius 3 is 3.05 bits per heavy atom. The number of carbonyl (C=O) groups is 1. The van der Waals surface area contributed by atoms with Gasteiger partial charge in [-0.15, -0.1) is 0 Å². The molecule has 6 nitrogen and oxygen atoms in total. The topological polar surface area (TPSA) is 93.2 Å². The molecule has 0 bridgehead atoms. The van der Waals surface area contributed by atoms with Gasteiger partial charge in [0.25, 0.3) is 5.91 Å². The molecule has 0 saturated heterocycles. The summed E-state index contributed by atoms with van der Waals surface area (Å²) in [6.07, 6.45) is 0. The first-order chi connectivity index (χ1) is 10.1. The Labute approximate surface area is 120 Å². The van der Waals surface area contributed by atoms with Gasteiger partial charge in [-0.2, -0.15) is 5.10 Å². The van der Waals surface area contributed by atoms with Crippen LogP contribution in [0, 0.1) is 5.82 Å². The zero-order valence-electron chi connectivity index (χ0n) is 11.2. The summed E-state index contributed by atoms with van der Waals surface area (Å²) in [5, 5.41) is 16.9. The van der Waals surface area contributed by atoms with Crippen molar-refractivity contribution in [3.8, 4) is 11.3 Å². The van der Waals surface area contributed by atoms with Crippen LogP contribution in [-0.2, 0) is 6.54 Å². The lowest BCUT2D eigenvalue weighted by molar-refractivity contribution is 0.0998. The van der Waals surface area contributed by atoms with Gasteiger partial charge in [-0.1, -0.05) is 12.1 Å². The summed E-state index contributed by atoms with van der Waals surface area (Å²) >= 11 is 0. The van der Waals surface area contributed by atoms with E-state index in [0.29, 0.717) is 30.0 Å². The van der Waals surface area contributed by atoms with Gasteiger partial charge in [0.1, 0.15) is 11.5 Å². The Morgan fingerprint density at radius 2 is 2.38 bits per heavy atom. The summed E-state index contributed by atoms with van der Waals surface area (Å²) in [4.78, 5) is 11.8. The van der Waals surface area contributed by atoms with E-state index in [1.165, 1.54) is 12.1 Å². The SMILES string of the molecule is NC(=O)c1c(-c2cccc(F)c2)nn2c1CNCC2CO. The van der Waals surface area contributed by atoms with Gasteiger partial charge in [-0.25, -0.2) is 4.39 Å². The molecule has 0 spiro atoms. The molecule has 0 saturated carbocycles. The van der Waals surface area contributed by atoms with Crippen LogP contribution in [-0.4, -0.2) is 33.9 Å². The van der Waals surface area contributed by atoms with Crippen molar-refractivity contribution in [2.75, 3.05) is 13.2 Å². The first-order valence-electron chi connectivity index (χ1n) is 6.60. The van der Waals surface area contributed by atoms with E-state index < -0.39 is 11.7 Å². The highest BCUT2D eigenvalue weighted by Crippen LogP contribution is 2.29. The number of aromatic nitrogens is 2. The molecule has 1 atom stereocenters. The predicted octanol–water partition coefficient (Wildman–Crippen LogP) is 0.425. The van der Waals surface area contributed by atoms with Crippen molar-refractivity contribution in [3.05, 3.63) is 41.3 Å². The quantitative estimate of drug-likeness (QED) is 0.764. The molecule has 1 aliphatic rings. The van der Waals surface area contributed by atoms with Crippen molar-refractivity contribution in [1.29, 1.82) is 0 Å². The maximum absolute atomic E-state index is 13.4. The number of nitrogens with zero attached hydrogens (tertiary/aromatic N) is 2. The van der Waals surface area contributed by atoms with Crippen LogP contribution in [0.4, 0.5) is 4.39 Å².